The summed E-state index contributed by atoms with van der Waals surface area (Å²) in [4.78, 5) is 13.2. The predicted octanol–water partition coefficient (Wildman–Crippen LogP) is 3.34. The molecule has 0 radical (unpaired) electrons. The van der Waals surface area contributed by atoms with E-state index in [-0.39, 0.29) is 23.0 Å². The quantitative estimate of drug-likeness (QED) is 0.610. The van der Waals surface area contributed by atoms with Crippen molar-refractivity contribution in [1.82, 2.24) is 5.16 Å². The van der Waals surface area contributed by atoms with E-state index >= 15 is 0 Å². The lowest BCUT2D eigenvalue weighted by Gasteiger charge is -2.23. The number of aromatic nitrogens is 1. The van der Waals surface area contributed by atoms with Crippen LogP contribution in [0.5, 0.6) is 5.75 Å². The van der Waals surface area contributed by atoms with Gasteiger partial charge in [-0.2, -0.15) is 0 Å². The largest absolute Gasteiger partial charge is 0.490 e. The molecular formula is C17H19BrN2O5S. The molecule has 7 nitrogen and oxygen atoms in total. The van der Waals surface area contributed by atoms with Crippen LogP contribution in [-0.4, -0.2) is 39.3 Å². The van der Waals surface area contributed by atoms with Crippen molar-refractivity contribution in [2.75, 3.05) is 24.2 Å². The van der Waals surface area contributed by atoms with Gasteiger partial charge in [-0.1, -0.05) is 5.16 Å². The summed E-state index contributed by atoms with van der Waals surface area (Å²) in [6.07, 6.45) is 4.38. The zero-order chi connectivity index (χ0) is 19.1. The Hall–Kier alpha value is -1.87. The molecule has 0 saturated heterocycles. The molecule has 0 aliphatic heterocycles. The van der Waals surface area contributed by atoms with Gasteiger partial charge in [-0.15, -0.1) is 0 Å². The van der Waals surface area contributed by atoms with Gasteiger partial charge in [0.2, 0.25) is 10.0 Å². The molecule has 1 heterocycles. The van der Waals surface area contributed by atoms with E-state index in [0.717, 1.165) is 23.4 Å². The van der Waals surface area contributed by atoms with Crippen molar-refractivity contribution >= 4 is 37.4 Å². The van der Waals surface area contributed by atoms with Crippen molar-refractivity contribution in [3.05, 3.63) is 39.7 Å². The maximum Gasteiger partial charge on any atom is 0.232 e. The van der Waals surface area contributed by atoms with Gasteiger partial charge >= 0.3 is 0 Å². The fraction of sp³-hybridized carbons (Fsp3) is 0.412. The summed E-state index contributed by atoms with van der Waals surface area (Å²) in [6, 6.07) is 3.25. The second kappa shape index (κ2) is 7.03. The third-order valence-corrected chi connectivity index (χ3v) is 6.02. The van der Waals surface area contributed by atoms with Crippen molar-refractivity contribution in [2.45, 2.75) is 25.7 Å². The lowest BCUT2D eigenvalue weighted by molar-refractivity contribution is 0.103. The number of hydrogen-bond donors (Lipinski definition) is 0. The zero-order valence-corrected chi connectivity index (χ0v) is 17.1. The van der Waals surface area contributed by atoms with E-state index < -0.39 is 10.0 Å². The van der Waals surface area contributed by atoms with Crippen LogP contribution in [0, 0.1) is 0 Å². The molecule has 1 saturated carbocycles. The second-order valence-electron chi connectivity index (χ2n) is 6.14. The van der Waals surface area contributed by atoms with Crippen LogP contribution < -0.4 is 9.04 Å². The van der Waals surface area contributed by atoms with Crippen LogP contribution in [0.2, 0.25) is 0 Å². The number of carbonyl (C=O) groups is 1. The number of rotatable bonds is 7. The van der Waals surface area contributed by atoms with Gasteiger partial charge in [-0.25, -0.2) is 8.42 Å². The van der Waals surface area contributed by atoms with Crippen molar-refractivity contribution < 1.29 is 22.5 Å². The summed E-state index contributed by atoms with van der Waals surface area (Å²) < 4.78 is 36.8. The summed E-state index contributed by atoms with van der Waals surface area (Å²) in [7, 11) is -2.22. The van der Waals surface area contributed by atoms with Gasteiger partial charge in [0.25, 0.3) is 0 Å². The molecule has 3 rings (SSSR count). The van der Waals surface area contributed by atoms with E-state index in [9.17, 15) is 13.2 Å². The number of benzene rings is 1. The Labute approximate surface area is 160 Å². The second-order valence-corrected chi connectivity index (χ2v) is 9.01. The average molecular weight is 443 g/mol. The fourth-order valence-electron chi connectivity index (χ4n) is 2.69. The Balaban J connectivity index is 2.18. The minimum absolute atomic E-state index is 0.191. The summed E-state index contributed by atoms with van der Waals surface area (Å²) in [6.45, 7) is 2.11. The van der Waals surface area contributed by atoms with Crippen LogP contribution in [0.15, 0.2) is 27.3 Å². The molecule has 1 aliphatic rings. The van der Waals surface area contributed by atoms with E-state index in [2.05, 4.69) is 21.1 Å². The molecule has 1 aromatic heterocycles. The highest BCUT2D eigenvalue weighted by atomic mass is 79.9. The minimum atomic E-state index is -3.61. The lowest BCUT2D eigenvalue weighted by Crippen LogP contribution is -2.27. The summed E-state index contributed by atoms with van der Waals surface area (Å²) >= 11 is 3.37. The third-order valence-electron chi connectivity index (χ3n) is 4.22. The van der Waals surface area contributed by atoms with Crippen LogP contribution in [0.1, 0.15) is 47.4 Å². The van der Waals surface area contributed by atoms with Crippen molar-refractivity contribution in [3.8, 4) is 5.75 Å². The third kappa shape index (κ3) is 3.50. The van der Waals surface area contributed by atoms with E-state index in [1.54, 1.807) is 19.1 Å². The number of anilines is 1. The predicted molar refractivity (Wildman–Crippen MR) is 100 cm³/mol. The first-order valence-electron chi connectivity index (χ1n) is 8.14. The van der Waals surface area contributed by atoms with Crippen LogP contribution in [0.25, 0.3) is 0 Å². The fourth-order valence-corrected chi connectivity index (χ4v) is 3.64. The molecular weight excluding hydrogens is 424 g/mol. The molecule has 9 heteroatoms. The van der Waals surface area contributed by atoms with Crippen molar-refractivity contribution in [1.29, 1.82) is 0 Å². The number of sulfonamides is 1. The smallest absolute Gasteiger partial charge is 0.232 e. The van der Waals surface area contributed by atoms with E-state index in [1.165, 1.54) is 13.2 Å². The number of ketones is 1. The SMILES string of the molecule is CCOc1c(Br)ccc(C(=O)c2cnoc2C2CC2)c1N(C)S(C)(=O)=O. The van der Waals surface area contributed by atoms with Gasteiger partial charge < -0.3 is 9.26 Å². The van der Waals surface area contributed by atoms with E-state index in [1.807, 2.05) is 0 Å². The van der Waals surface area contributed by atoms with Crippen LogP contribution in [-0.2, 0) is 10.0 Å². The van der Waals surface area contributed by atoms with Gasteiger partial charge in [0.05, 0.1) is 34.7 Å². The van der Waals surface area contributed by atoms with Gasteiger partial charge in [-0.3, -0.25) is 9.10 Å². The molecule has 2 aromatic rings. The van der Waals surface area contributed by atoms with Crippen molar-refractivity contribution in [3.63, 3.8) is 0 Å². The highest BCUT2D eigenvalue weighted by Crippen LogP contribution is 2.44. The Morgan fingerprint density at radius 3 is 2.65 bits per heavy atom. The number of carbonyl (C=O) groups excluding carboxylic acids is 1. The number of halogens is 1. The first-order valence-corrected chi connectivity index (χ1v) is 10.8. The van der Waals surface area contributed by atoms with Gasteiger partial charge in [0, 0.05) is 13.0 Å². The monoisotopic (exact) mass is 442 g/mol. The average Bonchev–Trinajstić information content (AvgIpc) is 3.31. The Morgan fingerprint density at radius 1 is 1.38 bits per heavy atom. The molecule has 1 aromatic carbocycles. The Bertz CT molecular complexity index is 950. The zero-order valence-electron chi connectivity index (χ0n) is 14.7. The molecule has 0 unspecified atom stereocenters. The van der Waals surface area contributed by atoms with E-state index in [0.29, 0.717) is 28.2 Å². The summed E-state index contributed by atoms with van der Waals surface area (Å²) in [5.41, 5.74) is 0.770. The molecule has 0 bridgehead atoms. The molecule has 0 spiro atoms. The number of hydrogen-bond acceptors (Lipinski definition) is 6. The molecule has 1 fully saturated rings. The lowest BCUT2D eigenvalue weighted by atomic mass is 10.0. The first-order chi connectivity index (χ1) is 12.3. The number of nitrogens with zero attached hydrogens (tertiary/aromatic N) is 2. The van der Waals surface area contributed by atoms with Gasteiger partial charge in [0.15, 0.2) is 17.3 Å². The standard InChI is InChI=1S/C17H19BrN2O5S/c1-4-24-17-13(18)8-7-11(14(17)20(2)26(3,22)23)15(21)12-9-19-25-16(12)10-5-6-10/h7-10H,4-6H2,1-3H3. The van der Waals surface area contributed by atoms with E-state index in [4.69, 9.17) is 9.26 Å². The maximum atomic E-state index is 13.2. The topological polar surface area (TPSA) is 89.7 Å². The maximum absolute atomic E-state index is 13.2. The van der Waals surface area contributed by atoms with Gasteiger partial charge in [0.1, 0.15) is 5.69 Å². The Morgan fingerprint density at radius 2 is 2.08 bits per heavy atom. The Kier molecular flexibility index (Phi) is 5.12. The van der Waals surface area contributed by atoms with Crippen molar-refractivity contribution in [2.24, 2.45) is 0 Å². The van der Waals surface area contributed by atoms with Crippen LogP contribution in [0.3, 0.4) is 0 Å². The molecule has 0 amide bonds. The highest BCUT2D eigenvalue weighted by molar-refractivity contribution is 9.10. The molecule has 140 valence electrons. The number of ether oxygens (including phenoxy) is 1. The van der Waals surface area contributed by atoms with Crippen LogP contribution in [0.4, 0.5) is 5.69 Å². The summed E-state index contributed by atoms with van der Waals surface area (Å²) in [5, 5.41) is 3.76. The molecule has 0 N–H and O–H groups in total. The molecule has 26 heavy (non-hydrogen) atoms. The van der Waals surface area contributed by atoms with Gasteiger partial charge in [-0.05, 0) is 47.8 Å². The molecule has 1 aliphatic carbocycles. The molecule has 0 atom stereocenters. The summed E-state index contributed by atoms with van der Waals surface area (Å²) in [5.74, 6) is 0.723. The first kappa shape index (κ1) is 18.9. The minimum Gasteiger partial charge on any atom is -0.490 e. The highest BCUT2D eigenvalue weighted by Gasteiger charge is 2.34. The van der Waals surface area contributed by atoms with Crippen LogP contribution >= 0.6 is 15.9 Å². The normalized spacial score (nSPS) is 14.3.